The summed E-state index contributed by atoms with van der Waals surface area (Å²) in [7, 11) is 0. The third kappa shape index (κ3) is 1.66. The van der Waals surface area contributed by atoms with Crippen molar-refractivity contribution in [2.24, 2.45) is 0 Å². The monoisotopic (exact) mass is 246 g/mol. The van der Waals surface area contributed by atoms with Gasteiger partial charge in [-0.2, -0.15) is 0 Å². The lowest BCUT2D eigenvalue weighted by Crippen LogP contribution is -2.51. The third-order valence-corrected chi connectivity index (χ3v) is 2.38. The second-order valence-corrected chi connectivity index (χ2v) is 3.93. The lowest BCUT2D eigenvalue weighted by atomic mass is 10.2. The fourth-order valence-corrected chi connectivity index (χ4v) is 1.57. The maximum absolute atomic E-state index is 13.2. The first-order valence-electron chi connectivity index (χ1n) is 3.91. The number of rotatable bonds is 1. The van der Waals surface area contributed by atoms with Crippen LogP contribution in [-0.4, -0.2) is 29.3 Å². The molecule has 2 rings (SSSR count). The van der Waals surface area contributed by atoms with Crippen molar-refractivity contribution in [1.29, 1.82) is 0 Å². The van der Waals surface area contributed by atoms with Crippen molar-refractivity contribution < 1.29 is 9.50 Å². The summed E-state index contributed by atoms with van der Waals surface area (Å²) in [5.41, 5.74) is 0. The molecule has 2 heterocycles. The Morgan fingerprint density at radius 3 is 2.85 bits per heavy atom. The molecule has 5 heteroatoms. The number of β-amino-alcohol motifs (C(OH)–C–C–N with tert-alkyl or cyclic N) is 1. The molecule has 0 saturated carbocycles. The second kappa shape index (κ2) is 3.23. The van der Waals surface area contributed by atoms with Gasteiger partial charge in [0.25, 0.3) is 0 Å². The summed E-state index contributed by atoms with van der Waals surface area (Å²) < 4.78 is 13.9. The van der Waals surface area contributed by atoms with Crippen LogP contribution in [-0.2, 0) is 0 Å². The van der Waals surface area contributed by atoms with Crippen molar-refractivity contribution in [3.8, 4) is 0 Å². The molecule has 0 unspecified atom stereocenters. The van der Waals surface area contributed by atoms with Crippen LogP contribution in [0.5, 0.6) is 0 Å². The van der Waals surface area contributed by atoms with E-state index in [9.17, 15) is 4.39 Å². The molecule has 0 amide bonds. The topological polar surface area (TPSA) is 36.4 Å². The molecule has 1 aromatic heterocycles. The number of aliphatic hydroxyl groups is 1. The first-order chi connectivity index (χ1) is 6.16. The number of halogens is 2. The molecule has 1 aromatic rings. The molecule has 0 radical (unpaired) electrons. The molecule has 0 aliphatic carbocycles. The standard InChI is InChI=1S/C8H8BrFN2O/c9-5-1-7(10)8(11-2-5)12-3-6(13)4-12/h1-2,6,13H,3-4H2. The normalized spacial score (nSPS) is 17.3. The number of aliphatic hydroxyl groups excluding tert-OH is 1. The maximum Gasteiger partial charge on any atom is 0.166 e. The Morgan fingerprint density at radius 1 is 1.62 bits per heavy atom. The van der Waals surface area contributed by atoms with Crippen LogP contribution in [0.4, 0.5) is 10.2 Å². The fraction of sp³-hybridized carbons (Fsp3) is 0.375. The van der Waals surface area contributed by atoms with Gasteiger partial charge in [0, 0.05) is 23.8 Å². The second-order valence-electron chi connectivity index (χ2n) is 3.02. The molecule has 1 saturated heterocycles. The molecule has 1 N–H and O–H groups in total. The van der Waals surface area contributed by atoms with Crippen molar-refractivity contribution >= 4 is 21.7 Å². The van der Waals surface area contributed by atoms with Gasteiger partial charge in [-0.1, -0.05) is 0 Å². The van der Waals surface area contributed by atoms with Crippen LogP contribution in [0.3, 0.4) is 0 Å². The number of anilines is 1. The number of pyridine rings is 1. The van der Waals surface area contributed by atoms with Gasteiger partial charge in [-0.3, -0.25) is 0 Å². The zero-order chi connectivity index (χ0) is 9.42. The molecule has 0 atom stereocenters. The minimum atomic E-state index is -0.360. The average Bonchev–Trinajstić information content (AvgIpc) is 2.00. The summed E-state index contributed by atoms with van der Waals surface area (Å²) in [6.07, 6.45) is 1.20. The summed E-state index contributed by atoms with van der Waals surface area (Å²) in [5, 5.41) is 9.02. The Labute approximate surface area is 83.3 Å². The smallest absolute Gasteiger partial charge is 0.166 e. The van der Waals surface area contributed by atoms with Crippen LogP contribution >= 0.6 is 15.9 Å². The number of hydrogen-bond donors (Lipinski definition) is 1. The van der Waals surface area contributed by atoms with E-state index in [1.165, 1.54) is 6.07 Å². The summed E-state index contributed by atoms with van der Waals surface area (Å²) >= 11 is 3.13. The highest BCUT2D eigenvalue weighted by Gasteiger charge is 2.27. The predicted octanol–water partition coefficient (Wildman–Crippen LogP) is 1.16. The molecule has 1 fully saturated rings. The van der Waals surface area contributed by atoms with Crippen LogP contribution in [0.1, 0.15) is 0 Å². The van der Waals surface area contributed by atoms with Crippen molar-refractivity contribution in [3.05, 3.63) is 22.6 Å². The van der Waals surface area contributed by atoms with E-state index in [1.807, 2.05) is 0 Å². The van der Waals surface area contributed by atoms with E-state index in [1.54, 1.807) is 11.1 Å². The molecule has 70 valence electrons. The first kappa shape index (κ1) is 8.90. The predicted molar refractivity (Wildman–Crippen MR) is 50.1 cm³/mol. The van der Waals surface area contributed by atoms with Gasteiger partial charge >= 0.3 is 0 Å². The Hall–Kier alpha value is -0.680. The highest BCUT2D eigenvalue weighted by molar-refractivity contribution is 9.10. The van der Waals surface area contributed by atoms with E-state index in [2.05, 4.69) is 20.9 Å². The van der Waals surface area contributed by atoms with Gasteiger partial charge in [0.2, 0.25) is 0 Å². The summed E-state index contributed by atoms with van der Waals surface area (Å²) in [4.78, 5) is 5.63. The van der Waals surface area contributed by atoms with Crippen molar-refractivity contribution in [3.63, 3.8) is 0 Å². The molecule has 1 aliphatic rings. The Kier molecular flexibility index (Phi) is 2.21. The van der Waals surface area contributed by atoms with Gasteiger partial charge < -0.3 is 10.0 Å². The minimum absolute atomic E-state index is 0.313. The quantitative estimate of drug-likeness (QED) is 0.809. The van der Waals surface area contributed by atoms with Gasteiger partial charge in [-0.25, -0.2) is 9.37 Å². The number of aromatic nitrogens is 1. The van der Waals surface area contributed by atoms with E-state index < -0.39 is 0 Å². The number of nitrogens with zero attached hydrogens (tertiary/aromatic N) is 2. The van der Waals surface area contributed by atoms with E-state index in [0.29, 0.717) is 23.4 Å². The Balaban J connectivity index is 2.21. The third-order valence-electron chi connectivity index (χ3n) is 1.95. The SMILES string of the molecule is OC1CN(c2ncc(Br)cc2F)C1. The van der Waals surface area contributed by atoms with E-state index in [0.717, 1.165) is 0 Å². The van der Waals surface area contributed by atoms with Crippen LogP contribution in [0, 0.1) is 5.82 Å². The van der Waals surface area contributed by atoms with Crippen molar-refractivity contribution in [2.45, 2.75) is 6.10 Å². The van der Waals surface area contributed by atoms with E-state index in [4.69, 9.17) is 5.11 Å². The zero-order valence-corrected chi connectivity index (χ0v) is 8.33. The lowest BCUT2D eigenvalue weighted by molar-refractivity contribution is 0.140. The number of hydrogen-bond acceptors (Lipinski definition) is 3. The molecule has 13 heavy (non-hydrogen) atoms. The molecule has 3 nitrogen and oxygen atoms in total. The maximum atomic E-state index is 13.2. The Morgan fingerprint density at radius 2 is 2.31 bits per heavy atom. The van der Waals surface area contributed by atoms with Crippen LogP contribution in [0.2, 0.25) is 0 Å². The average molecular weight is 247 g/mol. The van der Waals surface area contributed by atoms with Crippen molar-refractivity contribution in [1.82, 2.24) is 4.98 Å². The summed E-state index contributed by atoms with van der Waals surface area (Å²) in [6, 6.07) is 1.37. The lowest BCUT2D eigenvalue weighted by Gasteiger charge is -2.36. The molecule has 0 aromatic carbocycles. The highest BCUT2D eigenvalue weighted by atomic mass is 79.9. The molecule has 0 bridgehead atoms. The van der Waals surface area contributed by atoms with Gasteiger partial charge in [-0.05, 0) is 22.0 Å². The summed E-state index contributed by atoms with van der Waals surface area (Å²) in [5.74, 6) is -0.0465. The van der Waals surface area contributed by atoms with Gasteiger partial charge in [0.05, 0.1) is 6.10 Å². The van der Waals surface area contributed by atoms with E-state index >= 15 is 0 Å². The van der Waals surface area contributed by atoms with E-state index in [-0.39, 0.29) is 11.9 Å². The van der Waals surface area contributed by atoms with Crippen LogP contribution in [0.15, 0.2) is 16.7 Å². The minimum Gasteiger partial charge on any atom is -0.389 e. The van der Waals surface area contributed by atoms with Gasteiger partial charge in [0.1, 0.15) is 0 Å². The fourth-order valence-electron chi connectivity index (χ4n) is 1.27. The first-order valence-corrected chi connectivity index (χ1v) is 4.70. The van der Waals surface area contributed by atoms with Gasteiger partial charge in [-0.15, -0.1) is 0 Å². The summed E-state index contributed by atoms with van der Waals surface area (Å²) in [6.45, 7) is 0.928. The Bertz CT molecular complexity index is 328. The molecular weight excluding hydrogens is 239 g/mol. The van der Waals surface area contributed by atoms with Crippen molar-refractivity contribution in [2.75, 3.05) is 18.0 Å². The molecule has 0 spiro atoms. The highest BCUT2D eigenvalue weighted by Crippen LogP contribution is 2.23. The van der Waals surface area contributed by atoms with Crippen LogP contribution in [0.25, 0.3) is 0 Å². The van der Waals surface area contributed by atoms with Gasteiger partial charge in [0.15, 0.2) is 11.6 Å². The largest absolute Gasteiger partial charge is 0.389 e. The van der Waals surface area contributed by atoms with Crippen LogP contribution < -0.4 is 4.90 Å². The zero-order valence-electron chi connectivity index (χ0n) is 6.74. The molecule has 1 aliphatic heterocycles. The molecular formula is C8H8BrFN2O.